The predicted molar refractivity (Wildman–Crippen MR) is 117 cm³/mol. The molecule has 1 amide bonds. The number of halogens is 1. The Morgan fingerprint density at radius 1 is 1.19 bits per heavy atom. The lowest BCUT2D eigenvalue weighted by atomic mass is 9.84. The summed E-state index contributed by atoms with van der Waals surface area (Å²) in [7, 11) is 1.76. The number of carbonyl (C=O) groups excluding carboxylic acids is 1. The number of aliphatic hydroxyl groups is 1. The predicted octanol–water partition coefficient (Wildman–Crippen LogP) is 2.55. The highest BCUT2D eigenvalue weighted by molar-refractivity contribution is 14.0. The second-order valence-electron chi connectivity index (χ2n) is 8.08. The Labute approximate surface area is 175 Å². The Hall–Kier alpha value is -0.570. The van der Waals surface area contributed by atoms with Gasteiger partial charge in [-0.1, -0.05) is 25.7 Å². The maximum Gasteiger partial charge on any atom is 0.223 e. The lowest BCUT2D eigenvalue weighted by molar-refractivity contribution is -0.126. The quantitative estimate of drug-likeness (QED) is 0.277. The van der Waals surface area contributed by atoms with Crippen LogP contribution in [0.1, 0.15) is 71.6 Å². The third-order valence-corrected chi connectivity index (χ3v) is 5.41. The van der Waals surface area contributed by atoms with E-state index < -0.39 is 5.60 Å². The third kappa shape index (κ3) is 7.58. The fourth-order valence-corrected chi connectivity index (χ4v) is 3.98. The molecule has 2 unspecified atom stereocenters. The molecule has 0 radical (unpaired) electrons. The van der Waals surface area contributed by atoms with Crippen LogP contribution in [-0.4, -0.2) is 48.3 Å². The Morgan fingerprint density at radius 2 is 1.88 bits per heavy atom. The summed E-state index contributed by atoms with van der Waals surface area (Å²) in [6.45, 7) is 4.53. The zero-order valence-electron chi connectivity index (χ0n) is 16.5. The lowest BCUT2D eigenvalue weighted by Crippen LogP contribution is -2.51. The first-order valence-corrected chi connectivity index (χ1v) is 9.92. The van der Waals surface area contributed by atoms with Gasteiger partial charge >= 0.3 is 0 Å². The summed E-state index contributed by atoms with van der Waals surface area (Å²) < 4.78 is 0. The molecule has 152 valence electrons. The smallest absolute Gasteiger partial charge is 0.223 e. The second-order valence-corrected chi connectivity index (χ2v) is 8.08. The zero-order valence-corrected chi connectivity index (χ0v) is 18.8. The molecular formula is C19H37IN4O2. The summed E-state index contributed by atoms with van der Waals surface area (Å²) >= 11 is 0. The van der Waals surface area contributed by atoms with E-state index in [2.05, 4.69) is 20.9 Å². The first kappa shape index (κ1) is 23.5. The van der Waals surface area contributed by atoms with Crippen molar-refractivity contribution < 1.29 is 9.90 Å². The van der Waals surface area contributed by atoms with Crippen molar-refractivity contribution in [1.29, 1.82) is 0 Å². The molecule has 0 saturated heterocycles. The van der Waals surface area contributed by atoms with Crippen LogP contribution in [-0.2, 0) is 4.79 Å². The summed E-state index contributed by atoms with van der Waals surface area (Å²) in [4.78, 5) is 16.6. The van der Waals surface area contributed by atoms with Crippen molar-refractivity contribution in [2.75, 3.05) is 13.6 Å². The number of amides is 1. The maximum atomic E-state index is 12.3. The van der Waals surface area contributed by atoms with Crippen LogP contribution in [0.15, 0.2) is 4.99 Å². The molecule has 7 heteroatoms. The molecule has 0 aromatic carbocycles. The maximum absolute atomic E-state index is 12.3. The molecule has 0 aromatic rings. The number of hydrogen-bond acceptors (Lipinski definition) is 3. The van der Waals surface area contributed by atoms with Crippen molar-refractivity contribution in [3.05, 3.63) is 0 Å². The van der Waals surface area contributed by atoms with Gasteiger partial charge in [0.05, 0.1) is 5.60 Å². The van der Waals surface area contributed by atoms with E-state index in [9.17, 15) is 9.90 Å². The molecule has 2 fully saturated rings. The van der Waals surface area contributed by atoms with Gasteiger partial charge in [0.2, 0.25) is 5.91 Å². The number of nitrogens with zero attached hydrogens (tertiary/aromatic N) is 1. The number of guanidine groups is 1. The molecular weight excluding hydrogens is 443 g/mol. The van der Waals surface area contributed by atoms with E-state index in [0.29, 0.717) is 6.54 Å². The molecule has 2 aliphatic carbocycles. The number of rotatable bonds is 5. The highest BCUT2D eigenvalue weighted by Gasteiger charge is 2.30. The van der Waals surface area contributed by atoms with Crippen LogP contribution in [0.25, 0.3) is 0 Å². The minimum absolute atomic E-state index is 0. The van der Waals surface area contributed by atoms with E-state index in [-0.39, 0.29) is 47.9 Å². The Balaban J connectivity index is 0.00000338. The van der Waals surface area contributed by atoms with Crippen molar-refractivity contribution in [3.8, 4) is 0 Å². The van der Waals surface area contributed by atoms with Crippen LogP contribution in [0.3, 0.4) is 0 Å². The average molecular weight is 480 g/mol. The molecule has 6 nitrogen and oxygen atoms in total. The van der Waals surface area contributed by atoms with Gasteiger partial charge in [-0.15, -0.1) is 24.0 Å². The normalized spacial score (nSPS) is 26.0. The van der Waals surface area contributed by atoms with Crippen molar-refractivity contribution in [2.24, 2.45) is 10.9 Å². The van der Waals surface area contributed by atoms with Crippen LogP contribution in [0.4, 0.5) is 0 Å². The lowest BCUT2D eigenvalue weighted by Gasteiger charge is -2.34. The van der Waals surface area contributed by atoms with E-state index in [1.165, 1.54) is 6.42 Å². The summed E-state index contributed by atoms with van der Waals surface area (Å²) in [6.07, 6.45) is 9.03. The summed E-state index contributed by atoms with van der Waals surface area (Å²) in [5, 5.41) is 20.4. The fourth-order valence-electron chi connectivity index (χ4n) is 3.98. The minimum atomic E-state index is -0.609. The van der Waals surface area contributed by atoms with Crippen LogP contribution < -0.4 is 16.0 Å². The molecule has 2 aliphatic rings. The highest BCUT2D eigenvalue weighted by Crippen LogP contribution is 2.27. The monoisotopic (exact) mass is 480 g/mol. The fraction of sp³-hybridized carbons (Fsp3) is 0.895. The molecule has 26 heavy (non-hydrogen) atoms. The van der Waals surface area contributed by atoms with E-state index in [4.69, 9.17) is 0 Å². The van der Waals surface area contributed by atoms with Crippen LogP contribution in [0.2, 0.25) is 0 Å². The van der Waals surface area contributed by atoms with Gasteiger partial charge in [0, 0.05) is 31.6 Å². The van der Waals surface area contributed by atoms with E-state index in [1.54, 1.807) is 7.05 Å². The van der Waals surface area contributed by atoms with Crippen LogP contribution >= 0.6 is 24.0 Å². The number of nitrogens with one attached hydrogen (secondary N) is 3. The standard InChI is InChI=1S/C19H36N4O2.HI/c1-14(2)22-17(24)15-8-7-9-16(12-15)23-18(20-3)21-13-19(25)10-5-4-6-11-19;/h14-16,25H,4-13H2,1-3H3,(H,22,24)(H2,20,21,23);1H. The highest BCUT2D eigenvalue weighted by atomic mass is 127. The average Bonchev–Trinajstić information content (AvgIpc) is 2.59. The SMILES string of the molecule is CN=C(NCC1(O)CCCCC1)NC1CCCC(C(=O)NC(C)C)C1.I. The summed E-state index contributed by atoms with van der Waals surface area (Å²) in [5.41, 5.74) is -0.609. The van der Waals surface area contributed by atoms with Crippen molar-refractivity contribution in [2.45, 2.75) is 89.3 Å². The van der Waals surface area contributed by atoms with Gasteiger partial charge in [-0.25, -0.2) is 0 Å². The number of hydrogen-bond donors (Lipinski definition) is 4. The number of aliphatic imine (C=N–C) groups is 1. The molecule has 4 N–H and O–H groups in total. The number of carbonyl (C=O) groups is 1. The van der Waals surface area contributed by atoms with Crippen LogP contribution in [0, 0.1) is 5.92 Å². The van der Waals surface area contributed by atoms with E-state index in [1.807, 2.05) is 13.8 Å². The molecule has 0 aliphatic heterocycles. The van der Waals surface area contributed by atoms with Gasteiger partial charge in [0.15, 0.2) is 5.96 Å². The zero-order chi connectivity index (χ0) is 18.3. The summed E-state index contributed by atoms with van der Waals surface area (Å²) in [5.74, 6) is 0.976. The van der Waals surface area contributed by atoms with Crippen molar-refractivity contribution >= 4 is 35.8 Å². The van der Waals surface area contributed by atoms with Crippen molar-refractivity contribution in [1.82, 2.24) is 16.0 Å². The minimum Gasteiger partial charge on any atom is -0.388 e. The van der Waals surface area contributed by atoms with E-state index >= 15 is 0 Å². The Kier molecular flexibility index (Phi) is 10.2. The van der Waals surface area contributed by atoms with Crippen molar-refractivity contribution in [3.63, 3.8) is 0 Å². The molecule has 2 rings (SSSR count). The molecule has 0 heterocycles. The van der Waals surface area contributed by atoms with Gasteiger partial charge in [0.1, 0.15) is 0 Å². The molecule has 0 bridgehead atoms. The Bertz CT molecular complexity index is 464. The Morgan fingerprint density at radius 3 is 2.50 bits per heavy atom. The second kappa shape index (κ2) is 11.3. The molecule has 2 atom stereocenters. The largest absolute Gasteiger partial charge is 0.388 e. The van der Waals surface area contributed by atoms with Gasteiger partial charge < -0.3 is 21.1 Å². The van der Waals surface area contributed by atoms with Gasteiger partial charge in [-0.05, 0) is 46.0 Å². The molecule has 0 spiro atoms. The van der Waals surface area contributed by atoms with Crippen LogP contribution in [0.5, 0.6) is 0 Å². The molecule has 0 aromatic heterocycles. The summed E-state index contributed by atoms with van der Waals surface area (Å²) in [6, 6.07) is 0.440. The first-order valence-electron chi connectivity index (χ1n) is 9.92. The molecule has 2 saturated carbocycles. The topological polar surface area (TPSA) is 85.8 Å². The van der Waals surface area contributed by atoms with Gasteiger partial charge in [0.25, 0.3) is 0 Å². The van der Waals surface area contributed by atoms with Gasteiger partial charge in [-0.3, -0.25) is 9.79 Å². The van der Waals surface area contributed by atoms with E-state index in [0.717, 1.165) is 57.3 Å². The third-order valence-electron chi connectivity index (χ3n) is 5.41. The van der Waals surface area contributed by atoms with Gasteiger partial charge in [-0.2, -0.15) is 0 Å². The first-order chi connectivity index (χ1) is 11.9.